The van der Waals surface area contributed by atoms with Gasteiger partial charge < -0.3 is 14.4 Å². The molecule has 0 aromatic carbocycles. The Morgan fingerprint density at radius 1 is 1.24 bits per heavy atom. The monoisotopic (exact) mass is 351 g/mol. The molecule has 1 amide bonds. The fraction of sp³-hybridized carbons (Fsp3) is 0.722. The summed E-state index contributed by atoms with van der Waals surface area (Å²) in [5, 5.41) is 9.66. The van der Waals surface area contributed by atoms with Crippen molar-refractivity contribution in [1.29, 1.82) is 0 Å². The van der Waals surface area contributed by atoms with Crippen molar-refractivity contribution in [2.24, 2.45) is 5.92 Å². The van der Waals surface area contributed by atoms with Crippen LogP contribution in [0.2, 0.25) is 0 Å². The van der Waals surface area contributed by atoms with Crippen molar-refractivity contribution in [1.82, 2.24) is 14.5 Å². The third-order valence-corrected chi connectivity index (χ3v) is 4.15. The van der Waals surface area contributed by atoms with Crippen LogP contribution in [-0.2, 0) is 17.8 Å². The lowest BCUT2D eigenvalue weighted by Gasteiger charge is -2.30. The highest BCUT2D eigenvalue weighted by molar-refractivity contribution is 5.87. The molecule has 0 aliphatic carbocycles. The van der Waals surface area contributed by atoms with E-state index in [-0.39, 0.29) is 18.2 Å². The molecule has 1 aromatic heterocycles. The molecule has 1 aliphatic heterocycles. The normalized spacial score (nSPS) is 15.9. The number of fused-ring (bicyclic) bond motifs is 1. The van der Waals surface area contributed by atoms with Gasteiger partial charge in [-0.15, -0.1) is 0 Å². The molecular weight excluding hydrogens is 322 g/mol. The summed E-state index contributed by atoms with van der Waals surface area (Å²) in [5.74, 6) is 0.156. The van der Waals surface area contributed by atoms with Crippen molar-refractivity contribution in [2.75, 3.05) is 6.54 Å². The highest BCUT2D eigenvalue weighted by atomic mass is 16.6. The van der Waals surface area contributed by atoms with Gasteiger partial charge in [0.2, 0.25) is 0 Å². The quantitative estimate of drug-likeness (QED) is 0.897. The van der Waals surface area contributed by atoms with Crippen molar-refractivity contribution in [3.05, 3.63) is 17.2 Å². The number of carbonyl (C=O) groups is 2. The van der Waals surface area contributed by atoms with Crippen molar-refractivity contribution in [3.63, 3.8) is 0 Å². The summed E-state index contributed by atoms with van der Waals surface area (Å²) in [6, 6.07) is 0. The number of carbonyl (C=O) groups excluding carboxylic acids is 1. The molecule has 1 aromatic rings. The SMILES string of the molecule is CC(C)CC(C)c1nc2n(c1C(=O)O)CCN(C(=O)OC(C)(C)C)C2. The van der Waals surface area contributed by atoms with E-state index >= 15 is 0 Å². The topological polar surface area (TPSA) is 84.7 Å². The van der Waals surface area contributed by atoms with Gasteiger partial charge in [0.15, 0.2) is 5.69 Å². The van der Waals surface area contributed by atoms with Gasteiger partial charge in [0.25, 0.3) is 0 Å². The zero-order chi connectivity index (χ0) is 18.9. The maximum atomic E-state index is 12.3. The first-order valence-corrected chi connectivity index (χ1v) is 8.80. The van der Waals surface area contributed by atoms with E-state index in [0.717, 1.165) is 6.42 Å². The minimum atomic E-state index is -0.963. The summed E-state index contributed by atoms with van der Waals surface area (Å²) >= 11 is 0. The Kier molecular flexibility index (Phi) is 5.44. The molecule has 140 valence electrons. The van der Waals surface area contributed by atoms with Crippen LogP contribution in [0.25, 0.3) is 0 Å². The van der Waals surface area contributed by atoms with Crippen LogP contribution in [0.5, 0.6) is 0 Å². The molecule has 7 heteroatoms. The van der Waals surface area contributed by atoms with E-state index in [1.807, 2.05) is 27.7 Å². The van der Waals surface area contributed by atoms with E-state index in [9.17, 15) is 14.7 Å². The van der Waals surface area contributed by atoms with E-state index in [1.165, 1.54) is 0 Å². The first-order valence-electron chi connectivity index (χ1n) is 8.80. The van der Waals surface area contributed by atoms with Gasteiger partial charge in [0, 0.05) is 19.0 Å². The highest BCUT2D eigenvalue weighted by Gasteiger charge is 2.32. The molecule has 1 unspecified atom stereocenters. The lowest BCUT2D eigenvalue weighted by atomic mass is 9.95. The Morgan fingerprint density at radius 2 is 1.88 bits per heavy atom. The number of nitrogens with zero attached hydrogens (tertiary/aromatic N) is 3. The van der Waals surface area contributed by atoms with Crippen LogP contribution in [-0.4, -0.2) is 43.8 Å². The Hall–Kier alpha value is -2.05. The number of aromatic carboxylic acids is 1. The van der Waals surface area contributed by atoms with E-state index < -0.39 is 17.7 Å². The molecule has 7 nitrogen and oxygen atoms in total. The molecule has 1 aliphatic rings. The fourth-order valence-corrected chi connectivity index (χ4v) is 3.22. The van der Waals surface area contributed by atoms with Gasteiger partial charge in [0.05, 0.1) is 12.2 Å². The van der Waals surface area contributed by atoms with Crippen LogP contribution in [0.4, 0.5) is 4.79 Å². The van der Waals surface area contributed by atoms with Gasteiger partial charge in [-0.1, -0.05) is 20.8 Å². The third-order valence-electron chi connectivity index (χ3n) is 4.15. The third kappa shape index (κ3) is 4.52. The van der Waals surface area contributed by atoms with Gasteiger partial charge in [-0.05, 0) is 33.1 Å². The predicted molar refractivity (Wildman–Crippen MR) is 93.7 cm³/mol. The Balaban J connectivity index is 2.28. The summed E-state index contributed by atoms with van der Waals surface area (Å²) in [6.07, 6.45) is 0.474. The molecule has 0 radical (unpaired) electrons. The summed E-state index contributed by atoms with van der Waals surface area (Å²) < 4.78 is 7.14. The zero-order valence-electron chi connectivity index (χ0n) is 16.0. The van der Waals surface area contributed by atoms with Crippen LogP contribution in [0.1, 0.15) is 75.9 Å². The molecule has 1 atom stereocenters. The number of aromatic nitrogens is 2. The van der Waals surface area contributed by atoms with Crippen LogP contribution < -0.4 is 0 Å². The van der Waals surface area contributed by atoms with Crippen LogP contribution in [0.15, 0.2) is 0 Å². The molecule has 2 heterocycles. The van der Waals surface area contributed by atoms with E-state index in [1.54, 1.807) is 9.47 Å². The zero-order valence-corrected chi connectivity index (χ0v) is 16.0. The number of imidazole rings is 1. The van der Waals surface area contributed by atoms with Crippen LogP contribution in [0.3, 0.4) is 0 Å². The first kappa shape index (κ1) is 19.3. The number of hydrogen-bond acceptors (Lipinski definition) is 4. The number of rotatable bonds is 4. The van der Waals surface area contributed by atoms with Crippen LogP contribution >= 0.6 is 0 Å². The van der Waals surface area contributed by atoms with Gasteiger partial charge >= 0.3 is 12.1 Å². The summed E-state index contributed by atoms with van der Waals surface area (Å²) in [5.41, 5.74) is 0.307. The number of ether oxygens (including phenoxy) is 1. The average Bonchev–Trinajstić information content (AvgIpc) is 2.83. The van der Waals surface area contributed by atoms with Crippen molar-refractivity contribution in [3.8, 4) is 0 Å². The molecule has 1 N–H and O–H groups in total. The Labute approximate surface area is 149 Å². The standard InChI is InChI=1S/C18H29N3O4/c1-11(2)9-12(3)14-15(16(22)23)21-8-7-20(10-13(21)19-14)17(24)25-18(4,5)6/h11-12H,7-10H2,1-6H3,(H,22,23). The fourth-order valence-electron chi connectivity index (χ4n) is 3.22. The first-order chi connectivity index (χ1) is 11.5. The van der Waals surface area contributed by atoms with Crippen molar-refractivity contribution >= 4 is 12.1 Å². The maximum Gasteiger partial charge on any atom is 0.410 e. The van der Waals surface area contributed by atoms with E-state index in [2.05, 4.69) is 18.8 Å². The summed E-state index contributed by atoms with van der Waals surface area (Å²) in [7, 11) is 0. The minimum absolute atomic E-state index is 0.0548. The molecule has 0 bridgehead atoms. The van der Waals surface area contributed by atoms with E-state index in [0.29, 0.717) is 30.5 Å². The molecule has 0 spiro atoms. The highest BCUT2D eigenvalue weighted by Crippen LogP contribution is 2.29. The lowest BCUT2D eigenvalue weighted by molar-refractivity contribution is 0.0194. The molecular formula is C18H29N3O4. The molecule has 0 saturated carbocycles. The average molecular weight is 351 g/mol. The Morgan fingerprint density at radius 3 is 2.40 bits per heavy atom. The second-order valence-electron chi connectivity index (χ2n) is 8.15. The molecule has 25 heavy (non-hydrogen) atoms. The van der Waals surface area contributed by atoms with E-state index in [4.69, 9.17) is 4.74 Å². The number of hydrogen-bond donors (Lipinski definition) is 1. The maximum absolute atomic E-state index is 12.3. The number of amides is 1. The van der Waals surface area contributed by atoms with Gasteiger partial charge in [-0.3, -0.25) is 4.90 Å². The second kappa shape index (κ2) is 7.06. The second-order valence-corrected chi connectivity index (χ2v) is 8.15. The predicted octanol–water partition coefficient (Wildman–Crippen LogP) is 3.48. The summed E-state index contributed by atoms with van der Waals surface area (Å²) in [4.78, 5) is 30.2. The number of carboxylic acids is 1. The minimum Gasteiger partial charge on any atom is -0.477 e. The van der Waals surface area contributed by atoms with Gasteiger partial charge in [0.1, 0.15) is 11.4 Å². The van der Waals surface area contributed by atoms with Crippen molar-refractivity contribution < 1.29 is 19.4 Å². The van der Waals surface area contributed by atoms with Gasteiger partial charge in [-0.25, -0.2) is 14.6 Å². The van der Waals surface area contributed by atoms with Gasteiger partial charge in [-0.2, -0.15) is 0 Å². The Bertz CT molecular complexity index is 658. The molecule has 0 saturated heterocycles. The summed E-state index contributed by atoms with van der Waals surface area (Å²) in [6.45, 7) is 12.8. The van der Waals surface area contributed by atoms with Crippen LogP contribution in [0, 0.1) is 5.92 Å². The largest absolute Gasteiger partial charge is 0.477 e. The lowest BCUT2D eigenvalue weighted by Crippen LogP contribution is -2.42. The number of carboxylic acid groups (broad SMARTS) is 1. The molecule has 2 rings (SSSR count). The molecule has 0 fully saturated rings. The smallest absolute Gasteiger partial charge is 0.410 e. The van der Waals surface area contributed by atoms with Crippen molar-refractivity contribution in [2.45, 2.75) is 72.6 Å².